The molecule has 98 valence electrons. The molecule has 1 aromatic rings. The minimum atomic E-state index is -1.05. The van der Waals surface area contributed by atoms with Gasteiger partial charge in [-0.25, -0.2) is 4.79 Å². The van der Waals surface area contributed by atoms with Crippen LogP contribution in [0.15, 0.2) is 23.0 Å². The maximum absolute atomic E-state index is 12.1. The average molecular weight is 249 g/mol. The van der Waals surface area contributed by atoms with E-state index in [1.165, 1.54) is 6.08 Å². The van der Waals surface area contributed by atoms with Crippen LogP contribution in [0.2, 0.25) is 0 Å². The van der Waals surface area contributed by atoms with Gasteiger partial charge < -0.3 is 9.67 Å². The Morgan fingerprint density at radius 3 is 2.72 bits per heavy atom. The van der Waals surface area contributed by atoms with E-state index in [4.69, 9.17) is 5.11 Å². The fraction of sp³-hybridized carbons (Fsp3) is 0.429. The Bertz CT molecular complexity index is 500. The van der Waals surface area contributed by atoms with Gasteiger partial charge in [-0.1, -0.05) is 19.8 Å². The van der Waals surface area contributed by atoms with Crippen molar-refractivity contribution in [3.63, 3.8) is 0 Å². The zero-order valence-electron chi connectivity index (χ0n) is 10.8. The summed E-state index contributed by atoms with van der Waals surface area (Å²) >= 11 is 0. The Morgan fingerprint density at radius 1 is 1.39 bits per heavy atom. The van der Waals surface area contributed by atoms with Gasteiger partial charge in [0.05, 0.1) is 0 Å². The van der Waals surface area contributed by atoms with Crippen molar-refractivity contribution in [1.29, 1.82) is 0 Å². The van der Waals surface area contributed by atoms with Crippen molar-refractivity contribution in [2.45, 2.75) is 39.7 Å². The molecule has 0 aliphatic carbocycles. The van der Waals surface area contributed by atoms with Crippen LogP contribution >= 0.6 is 0 Å². The van der Waals surface area contributed by atoms with E-state index in [9.17, 15) is 9.59 Å². The molecule has 0 aliphatic rings. The number of carboxylic acids is 1. The Balaban J connectivity index is 2.99. The van der Waals surface area contributed by atoms with E-state index in [-0.39, 0.29) is 5.56 Å². The Labute approximate surface area is 107 Å². The first kappa shape index (κ1) is 14.2. The number of nitrogens with zero attached hydrogens (tertiary/aromatic N) is 1. The highest BCUT2D eigenvalue weighted by Gasteiger charge is 2.04. The van der Waals surface area contributed by atoms with Crippen molar-refractivity contribution in [3.8, 4) is 0 Å². The molecule has 0 saturated carbocycles. The van der Waals surface area contributed by atoms with Crippen LogP contribution < -0.4 is 5.56 Å². The first-order chi connectivity index (χ1) is 8.56. The Morgan fingerprint density at radius 2 is 2.11 bits per heavy atom. The maximum atomic E-state index is 12.1. The summed E-state index contributed by atoms with van der Waals surface area (Å²) in [6, 6.07) is 3.50. The third-order valence-corrected chi connectivity index (χ3v) is 2.81. The van der Waals surface area contributed by atoms with E-state index < -0.39 is 5.97 Å². The van der Waals surface area contributed by atoms with Crippen LogP contribution in [-0.2, 0) is 11.3 Å². The second-order valence-corrected chi connectivity index (χ2v) is 4.27. The molecule has 0 amide bonds. The van der Waals surface area contributed by atoms with Gasteiger partial charge in [-0.15, -0.1) is 0 Å². The van der Waals surface area contributed by atoms with Crippen LogP contribution in [0.25, 0.3) is 6.08 Å². The van der Waals surface area contributed by atoms with Gasteiger partial charge in [0.25, 0.3) is 5.56 Å². The van der Waals surface area contributed by atoms with E-state index >= 15 is 0 Å². The number of rotatable bonds is 6. The molecule has 0 aliphatic heterocycles. The summed E-state index contributed by atoms with van der Waals surface area (Å²) in [5.74, 6) is -1.05. The van der Waals surface area contributed by atoms with Crippen molar-refractivity contribution < 1.29 is 9.90 Å². The molecule has 4 heteroatoms. The van der Waals surface area contributed by atoms with Gasteiger partial charge in [-0.05, 0) is 31.6 Å². The molecule has 1 N–H and O–H groups in total. The van der Waals surface area contributed by atoms with E-state index in [1.807, 2.05) is 13.0 Å². The van der Waals surface area contributed by atoms with Crippen LogP contribution in [0.5, 0.6) is 0 Å². The number of carbonyl (C=O) groups is 1. The number of aliphatic carboxylic acids is 1. The standard InChI is InChI=1S/C14H19NO3/c1-3-4-5-10-15-11(2)6-7-12(14(15)18)8-9-13(16)17/h6-9H,3-5,10H2,1-2H3,(H,16,17)/b9-8+. The predicted octanol–water partition coefficient (Wildman–Crippen LogP) is 2.44. The lowest BCUT2D eigenvalue weighted by Gasteiger charge is -2.10. The first-order valence-electron chi connectivity index (χ1n) is 6.17. The maximum Gasteiger partial charge on any atom is 0.328 e. The quantitative estimate of drug-likeness (QED) is 0.622. The van der Waals surface area contributed by atoms with E-state index in [2.05, 4.69) is 6.92 Å². The van der Waals surface area contributed by atoms with Crippen molar-refractivity contribution in [2.24, 2.45) is 0 Å². The zero-order valence-corrected chi connectivity index (χ0v) is 10.8. The van der Waals surface area contributed by atoms with Crippen LogP contribution in [-0.4, -0.2) is 15.6 Å². The first-order valence-corrected chi connectivity index (χ1v) is 6.17. The van der Waals surface area contributed by atoms with Crippen molar-refractivity contribution in [3.05, 3.63) is 39.8 Å². The van der Waals surface area contributed by atoms with Gasteiger partial charge in [0.2, 0.25) is 0 Å². The average Bonchev–Trinajstić information content (AvgIpc) is 2.32. The van der Waals surface area contributed by atoms with Gasteiger partial charge in [-0.2, -0.15) is 0 Å². The van der Waals surface area contributed by atoms with Gasteiger partial charge in [0, 0.05) is 23.9 Å². The molecule has 0 saturated heterocycles. The summed E-state index contributed by atoms with van der Waals surface area (Å²) in [6.07, 6.45) is 5.49. The summed E-state index contributed by atoms with van der Waals surface area (Å²) in [6.45, 7) is 4.69. The summed E-state index contributed by atoms with van der Waals surface area (Å²) in [5.41, 5.74) is 1.20. The van der Waals surface area contributed by atoms with Gasteiger partial charge in [0.15, 0.2) is 0 Å². The van der Waals surface area contributed by atoms with Crippen LogP contribution in [0.1, 0.15) is 37.4 Å². The molecule has 0 unspecified atom stereocenters. The highest BCUT2D eigenvalue weighted by atomic mass is 16.4. The largest absolute Gasteiger partial charge is 0.478 e. The van der Waals surface area contributed by atoms with Gasteiger partial charge >= 0.3 is 5.97 Å². The fourth-order valence-corrected chi connectivity index (χ4v) is 1.77. The molecule has 0 bridgehead atoms. The molecule has 0 aromatic carbocycles. The topological polar surface area (TPSA) is 59.3 Å². The summed E-state index contributed by atoms with van der Waals surface area (Å²) < 4.78 is 1.71. The number of unbranched alkanes of at least 4 members (excludes halogenated alkanes) is 2. The third kappa shape index (κ3) is 3.87. The molecule has 1 aromatic heterocycles. The zero-order chi connectivity index (χ0) is 13.5. The molecule has 0 fully saturated rings. The van der Waals surface area contributed by atoms with Crippen molar-refractivity contribution >= 4 is 12.0 Å². The van der Waals surface area contributed by atoms with Crippen molar-refractivity contribution in [2.75, 3.05) is 0 Å². The number of aryl methyl sites for hydroxylation is 1. The Hall–Kier alpha value is -1.84. The smallest absolute Gasteiger partial charge is 0.328 e. The minimum Gasteiger partial charge on any atom is -0.478 e. The molecule has 0 radical (unpaired) electrons. The second kappa shape index (κ2) is 6.79. The third-order valence-electron chi connectivity index (χ3n) is 2.81. The SMILES string of the molecule is CCCCCn1c(C)ccc(/C=C/C(=O)O)c1=O. The molecular formula is C14H19NO3. The molecule has 4 nitrogen and oxygen atoms in total. The Kier molecular flexibility index (Phi) is 5.36. The monoisotopic (exact) mass is 249 g/mol. The minimum absolute atomic E-state index is 0.122. The lowest BCUT2D eigenvalue weighted by molar-refractivity contribution is -0.131. The van der Waals surface area contributed by atoms with Crippen molar-refractivity contribution in [1.82, 2.24) is 4.57 Å². The molecule has 0 spiro atoms. The summed E-state index contributed by atoms with van der Waals surface area (Å²) in [5, 5.41) is 8.57. The normalized spacial score (nSPS) is 11.0. The van der Waals surface area contributed by atoms with E-state index in [0.717, 1.165) is 31.0 Å². The highest BCUT2D eigenvalue weighted by molar-refractivity contribution is 5.85. The fourth-order valence-electron chi connectivity index (χ4n) is 1.77. The van der Waals surface area contributed by atoms with Gasteiger partial charge in [0.1, 0.15) is 0 Å². The number of pyridine rings is 1. The molecule has 1 heterocycles. The summed E-state index contributed by atoms with van der Waals surface area (Å²) in [4.78, 5) is 22.6. The van der Waals surface area contributed by atoms with Gasteiger partial charge in [-0.3, -0.25) is 4.79 Å². The predicted molar refractivity (Wildman–Crippen MR) is 71.6 cm³/mol. The second-order valence-electron chi connectivity index (χ2n) is 4.27. The lowest BCUT2D eigenvalue weighted by atomic mass is 10.2. The van der Waals surface area contributed by atoms with E-state index in [1.54, 1.807) is 10.6 Å². The number of hydrogen-bond donors (Lipinski definition) is 1. The molecule has 0 atom stereocenters. The number of hydrogen-bond acceptors (Lipinski definition) is 2. The van der Waals surface area contributed by atoms with Crippen LogP contribution in [0.3, 0.4) is 0 Å². The molecule has 18 heavy (non-hydrogen) atoms. The highest BCUT2D eigenvalue weighted by Crippen LogP contribution is 2.04. The molecule has 1 rings (SSSR count). The lowest BCUT2D eigenvalue weighted by Crippen LogP contribution is -2.24. The van der Waals surface area contributed by atoms with Crippen LogP contribution in [0, 0.1) is 6.92 Å². The van der Waals surface area contributed by atoms with E-state index in [0.29, 0.717) is 12.1 Å². The molecular weight excluding hydrogens is 230 g/mol. The van der Waals surface area contributed by atoms with Crippen LogP contribution in [0.4, 0.5) is 0 Å². The number of aromatic nitrogens is 1. The number of carboxylic acid groups (broad SMARTS) is 1. The summed E-state index contributed by atoms with van der Waals surface area (Å²) in [7, 11) is 0.